The summed E-state index contributed by atoms with van der Waals surface area (Å²) in [4.78, 5) is 11.7. The molecule has 0 atom stereocenters. The molecular formula is C15H23NO. The van der Waals surface area contributed by atoms with Gasteiger partial charge in [-0.2, -0.15) is 0 Å². The van der Waals surface area contributed by atoms with E-state index in [2.05, 4.69) is 43.4 Å². The summed E-state index contributed by atoms with van der Waals surface area (Å²) in [7, 11) is 0. The van der Waals surface area contributed by atoms with Gasteiger partial charge in [0, 0.05) is 12.5 Å². The Balaban J connectivity index is 2.18. The molecule has 1 rings (SSSR count). The maximum atomic E-state index is 11.7. The van der Waals surface area contributed by atoms with Crippen LogP contribution in [0, 0.1) is 5.92 Å². The molecule has 0 aliphatic carbocycles. The molecule has 2 nitrogen and oxygen atoms in total. The van der Waals surface area contributed by atoms with Gasteiger partial charge >= 0.3 is 0 Å². The normalized spacial score (nSPS) is 10.5. The molecule has 1 amide bonds. The first-order chi connectivity index (χ1) is 8.27. The van der Waals surface area contributed by atoms with Crippen LogP contribution in [0.5, 0.6) is 0 Å². The standard InChI is InChI=1S/C15H23NO/c1-3-14(4-2)15(17)16-12-8-11-13-9-6-5-7-10-13/h5-7,9-10,14H,3-4,8,11-12H2,1-2H3,(H,16,17). The van der Waals surface area contributed by atoms with Crippen LogP contribution in [-0.2, 0) is 11.2 Å². The fraction of sp³-hybridized carbons (Fsp3) is 0.533. The molecule has 1 aromatic rings. The van der Waals surface area contributed by atoms with Crippen LogP contribution >= 0.6 is 0 Å². The van der Waals surface area contributed by atoms with Crippen molar-refractivity contribution in [2.45, 2.75) is 39.5 Å². The van der Waals surface area contributed by atoms with Crippen LogP contribution in [0.25, 0.3) is 0 Å². The van der Waals surface area contributed by atoms with Crippen LogP contribution in [0.3, 0.4) is 0 Å². The highest BCUT2D eigenvalue weighted by Gasteiger charge is 2.12. The van der Waals surface area contributed by atoms with Crippen molar-refractivity contribution in [1.29, 1.82) is 0 Å². The molecule has 0 saturated carbocycles. The fourth-order valence-electron chi connectivity index (χ4n) is 1.95. The van der Waals surface area contributed by atoms with E-state index >= 15 is 0 Å². The van der Waals surface area contributed by atoms with E-state index in [1.807, 2.05) is 6.07 Å². The van der Waals surface area contributed by atoms with Crippen molar-refractivity contribution in [1.82, 2.24) is 5.32 Å². The average Bonchev–Trinajstić information content (AvgIpc) is 2.37. The molecule has 0 heterocycles. The van der Waals surface area contributed by atoms with Gasteiger partial charge in [0.05, 0.1) is 0 Å². The lowest BCUT2D eigenvalue weighted by Gasteiger charge is -2.12. The highest BCUT2D eigenvalue weighted by molar-refractivity contribution is 5.78. The molecule has 17 heavy (non-hydrogen) atoms. The number of carbonyl (C=O) groups is 1. The Bertz CT molecular complexity index is 317. The van der Waals surface area contributed by atoms with E-state index < -0.39 is 0 Å². The van der Waals surface area contributed by atoms with Crippen molar-refractivity contribution in [3.8, 4) is 0 Å². The Kier molecular flexibility index (Phi) is 6.38. The molecule has 0 spiro atoms. The van der Waals surface area contributed by atoms with E-state index in [0.717, 1.165) is 32.2 Å². The first-order valence-electron chi connectivity index (χ1n) is 6.59. The molecule has 1 N–H and O–H groups in total. The molecule has 0 saturated heterocycles. The minimum Gasteiger partial charge on any atom is -0.356 e. The summed E-state index contributed by atoms with van der Waals surface area (Å²) in [5.41, 5.74) is 1.34. The maximum absolute atomic E-state index is 11.7. The van der Waals surface area contributed by atoms with E-state index in [1.165, 1.54) is 5.56 Å². The van der Waals surface area contributed by atoms with Gasteiger partial charge in [0.2, 0.25) is 5.91 Å². The monoisotopic (exact) mass is 233 g/mol. The molecule has 0 radical (unpaired) electrons. The Labute approximate surface area is 104 Å². The fourth-order valence-corrected chi connectivity index (χ4v) is 1.95. The highest BCUT2D eigenvalue weighted by atomic mass is 16.1. The van der Waals surface area contributed by atoms with E-state index in [4.69, 9.17) is 0 Å². The summed E-state index contributed by atoms with van der Waals surface area (Å²) in [5, 5.41) is 3.02. The molecule has 1 aromatic carbocycles. The maximum Gasteiger partial charge on any atom is 0.223 e. The smallest absolute Gasteiger partial charge is 0.223 e. The molecule has 2 heteroatoms. The molecule has 0 aromatic heterocycles. The van der Waals surface area contributed by atoms with Crippen molar-refractivity contribution < 1.29 is 4.79 Å². The van der Waals surface area contributed by atoms with E-state index in [0.29, 0.717) is 0 Å². The van der Waals surface area contributed by atoms with Crippen LogP contribution < -0.4 is 5.32 Å². The van der Waals surface area contributed by atoms with Crippen LogP contribution in [0.4, 0.5) is 0 Å². The van der Waals surface area contributed by atoms with E-state index in [-0.39, 0.29) is 11.8 Å². The number of aryl methyl sites for hydroxylation is 1. The average molecular weight is 233 g/mol. The highest BCUT2D eigenvalue weighted by Crippen LogP contribution is 2.07. The van der Waals surface area contributed by atoms with Gasteiger partial charge in [0.25, 0.3) is 0 Å². The zero-order valence-corrected chi connectivity index (χ0v) is 10.9. The van der Waals surface area contributed by atoms with Gasteiger partial charge in [-0.1, -0.05) is 44.2 Å². The van der Waals surface area contributed by atoms with Crippen molar-refractivity contribution >= 4 is 5.91 Å². The quantitative estimate of drug-likeness (QED) is 0.720. The van der Waals surface area contributed by atoms with Crippen LogP contribution in [-0.4, -0.2) is 12.5 Å². The number of hydrogen-bond donors (Lipinski definition) is 1. The lowest BCUT2D eigenvalue weighted by atomic mass is 10.0. The third-order valence-electron chi connectivity index (χ3n) is 3.14. The molecule has 0 unspecified atom stereocenters. The van der Waals surface area contributed by atoms with Gasteiger partial charge in [0.1, 0.15) is 0 Å². The Morgan fingerprint density at radius 3 is 2.41 bits per heavy atom. The van der Waals surface area contributed by atoms with Gasteiger partial charge < -0.3 is 5.32 Å². The number of hydrogen-bond acceptors (Lipinski definition) is 1. The molecule has 94 valence electrons. The number of carbonyl (C=O) groups excluding carboxylic acids is 1. The number of rotatable bonds is 7. The molecule has 0 bridgehead atoms. The second-order valence-corrected chi connectivity index (χ2v) is 4.39. The Morgan fingerprint density at radius 2 is 1.82 bits per heavy atom. The van der Waals surface area contributed by atoms with Crippen molar-refractivity contribution in [3.63, 3.8) is 0 Å². The van der Waals surface area contributed by atoms with Crippen LogP contribution in [0.1, 0.15) is 38.7 Å². The Morgan fingerprint density at radius 1 is 1.18 bits per heavy atom. The summed E-state index contributed by atoms with van der Waals surface area (Å²) in [6.07, 6.45) is 3.90. The molecule has 0 aliphatic heterocycles. The summed E-state index contributed by atoms with van der Waals surface area (Å²) in [6, 6.07) is 10.4. The van der Waals surface area contributed by atoms with Crippen molar-refractivity contribution in [2.75, 3.05) is 6.54 Å². The number of nitrogens with one attached hydrogen (secondary N) is 1. The number of benzene rings is 1. The van der Waals surface area contributed by atoms with E-state index in [9.17, 15) is 4.79 Å². The summed E-state index contributed by atoms with van der Waals surface area (Å²) in [5.74, 6) is 0.398. The molecule has 0 fully saturated rings. The predicted octanol–water partition coefficient (Wildman–Crippen LogP) is 3.17. The third-order valence-corrected chi connectivity index (χ3v) is 3.14. The first kappa shape index (κ1) is 13.8. The van der Waals surface area contributed by atoms with Gasteiger partial charge in [-0.15, -0.1) is 0 Å². The van der Waals surface area contributed by atoms with Crippen LogP contribution in [0.2, 0.25) is 0 Å². The molecular weight excluding hydrogens is 210 g/mol. The van der Waals surface area contributed by atoms with Crippen molar-refractivity contribution in [3.05, 3.63) is 35.9 Å². The zero-order valence-electron chi connectivity index (χ0n) is 10.9. The first-order valence-corrected chi connectivity index (χ1v) is 6.59. The van der Waals surface area contributed by atoms with Gasteiger partial charge in [-0.3, -0.25) is 4.79 Å². The van der Waals surface area contributed by atoms with Crippen LogP contribution in [0.15, 0.2) is 30.3 Å². The predicted molar refractivity (Wildman–Crippen MR) is 71.8 cm³/mol. The lowest BCUT2D eigenvalue weighted by molar-refractivity contribution is -0.125. The summed E-state index contributed by atoms with van der Waals surface area (Å²) in [6.45, 7) is 4.92. The summed E-state index contributed by atoms with van der Waals surface area (Å²) < 4.78 is 0. The van der Waals surface area contributed by atoms with E-state index in [1.54, 1.807) is 0 Å². The topological polar surface area (TPSA) is 29.1 Å². The minimum absolute atomic E-state index is 0.187. The third kappa shape index (κ3) is 5.03. The summed E-state index contributed by atoms with van der Waals surface area (Å²) >= 11 is 0. The van der Waals surface area contributed by atoms with Gasteiger partial charge in [0.15, 0.2) is 0 Å². The second-order valence-electron chi connectivity index (χ2n) is 4.39. The lowest BCUT2D eigenvalue weighted by Crippen LogP contribution is -2.31. The largest absolute Gasteiger partial charge is 0.356 e. The SMILES string of the molecule is CCC(CC)C(=O)NCCCc1ccccc1. The number of amides is 1. The van der Waals surface area contributed by atoms with Crippen molar-refractivity contribution in [2.24, 2.45) is 5.92 Å². The molecule has 0 aliphatic rings. The zero-order chi connectivity index (χ0) is 12.5. The second kappa shape index (κ2) is 7.88. The van der Waals surface area contributed by atoms with Gasteiger partial charge in [-0.05, 0) is 31.2 Å². The Hall–Kier alpha value is -1.31. The van der Waals surface area contributed by atoms with Gasteiger partial charge in [-0.25, -0.2) is 0 Å². The minimum atomic E-state index is 0.187.